The van der Waals surface area contributed by atoms with Crippen LogP contribution in [0.4, 0.5) is 30.6 Å². The van der Waals surface area contributed by atoms with E-state index >= 15 is 0 Å². The molecule has 0 aliphatic rings. The Balaban J connectivity index is 2.28. The number of carbonyl (C=O) groups is 1. The zero-order valence-electron chi connectivity index (χ0n) is 15.3. The second-order valence-corrected chi connectivity index (χ2v) is 7.04. The third-order valence-electron chi connectivity index (χ3n) is 3.68. The van der Waals surface area contributed by atoms with Gasteiger partial charge in [-0.3, -0.25) is 4.79 Å². The van der Waals surface area contributed by atoms with Crippen LogP contribution in [0, 0.1) is 12.3 Å². The highest BCUT2D eigenvalue weighted by Gasteiger charge is 2.32. The van der Waals surface area contributed by atoms with Crippen molar-refractivity contribution in [1.82, 2.24) is 9.97 Å². The first-order valence-corrected chi connectivity index (χ1v) is 9.15. The Morgan fingerprint density at radius 3 is 2.54 bits per heavy atom. The highest BCUT2D eigenvalue weighted by atomic mass is 32.2. The highest BCUT2D eigenvalue weighted by Crippen LogP contribution is 2.31. The molecule has 2 rings (SSSR count). The number of hydrogen-bond donors (Lipinski definition) is 3. The normalized spacial score (nSPS) is 11.6. The van der Waals surface area contributed by atoms with Gasteiger partial charge in [0.25, 0.3) is 0 Å². The van der Waals surface area contributed by atoms with E-state index in [0.29, 0.717) is 10.6 Å². The maximum absolute atomic E-state index is 12.8. The Morgan fingerprint density at radius 1 is 1.29 bits per heavy atom. The van der Waals surface area contributed by atoms with E-state index in [0.717, 1.165) is 12.1 Å². The first-order valence-electron chi connectivity index (χ1n) is 7.93. The van der Waals surface area contributed by atoms with Gasteiger partial charge in [-0.05, 0) is 38.3 Å². The summed E-state index contributed by atoms with van der Waals surface area (Å²) in [5.74, 6) is 2.03. The van der Waals surface area contributed by atoms with Crippen LogP contribution in [0.2, 0.25) is 0 Å². The predicted octanol–water partition coefficient (Wildman–Crippen LogP) is 3.61. The van der Waals surface area contributed by atoms with Crippen LogP contribution in [-0.4, -0.2) is 27.7 Å². The van der Waals surface area contributed by atoms with Gasteiger partial charge in [0, 0.05) is 5.69 Å². The summed E-state index contributed by atoms with van der Waals surface area (Å²) in [7, 11) is 0. The number of carbonyl (C=O) groups excluding carboxylic acids is 1. The molecule has 148 valence electrons. The van der Waals surface area contributed by atoms with Crippen molar-refractivity contribution >= 4 is 35.1 Å². The second kappa shape index (κ2) is 7.98. The van der Waals surface area contributed by atoms with Gasteiger partial charge in [0.2, 0.25) is 11.9 Å². The molecule has 1 amide bonds. The molecule has 28 heavy (non-hydrogen) atoms. The van der Waals surface area contributed by atoms with Gasteiger partial charge in [-0.2, -0.15) is 18.2 Å². The molecule has 0 bridgehead atoms. The number of terminal acetylenes is 1. The number of benzene rings is 1. The van der Waals surface area contributed by atoms with Crippen molar-refractivity contribution in [3.05, 3.63) is 35.4 Å². The number of halogens is 3. The number of nitrogens with one attached hydrogen (secondary N) is 2. The lowest BCUT2D eigenvalue weighted by molar-refractivity contribution is -0.137. The number of thioether (sulfide) groups is 1. The minimum Gasteiger partial charge on any atom is -0.368 e. The number of nitrogen functional groups attached to an aromatic ring is 1. The van der Waals surface area contributed by atoms with Crippen molar-refractivity contribution in [3.63, 3.8) is 0 Å². The molecule has 4 N–H and O–H groups in total. The molecule has 0 unspecified atom stereocenters. The first-order chi connectivity index (χ1) is 13.0. The van der Waals surface area contributed by atoms with Gasteiger partial charge >= 0.3 is 6.18 Å². The minimum absolute atomic E-state index is 0.0128. The van der Waals surface area contributed by atoms with Crippen LogP contribution in [0.3, 0.4) is 0 Å². The number of nitrogens with zero attached hydrogens (tertiary/aromatic N) is 2. The molecule has 1 aromatic carbocycles. The average molecular weight is 409 g/mol. The third-order valence-corrected chi connectivity index (χ3v) is 4.36. The van der Waals surface area contributed by atoms with Crippen LogP contribution < -0.4 is 16.4 Å². The molecule has 1 heterocycles. The molecule has 0 saturated carbocycles. The largest absolute Gasteiger partial charge is 0.416 e. The van der Waals surface area contributed by atoms with Crippen molar-refractivity contribution in [2.24, 2.45) is 0 Å². The number of rotatable bonds is 5. The summed E-state index contributed by atoms with van der Waals surface area (Å²) in [4.78, 5) is 20.7. The fraction of sp³-hybridized carbons (Fsp3) is 0.278. The van der Waals surface area contributed by atoms with Crippen LogP contribution in [-0.2, 0) is 11.0 Å². The van der Waals surface area contributed by atoms with E-state index in [1.54, 1.807) is 6.26 Å². The third kappa shape index (κ3) is 4.86. The first kappa shape index (κ1) is 21.4. The van der Waals surface area contributed by atoms with E-state index in [-0.39, 0.29) is 17.5 Å². The van der Waals surface area contributed by atoms with E-state index in [4.69, 9.17) is 12.2 Å². The summed E-state index contributed by atoms with van der Waals surface area (Å²) in [5.41, 5.74) is 3.90. The molecule has 0 spiro atoms. The van der Waals surface area contributed by atoms with Crippen molar-refractivity contribution in [3.8, 4) is 12.3 Å². The minimum atomic E-state index is -4.51. The van der Waals surface area contributed by atoms with Crippen LogP contribution in [0.5, 0.6) is 0 Å². The van der Waals surface area contributed by atoms with E-state index < -0.39 is 23.2 Å². The van der Waals surface area contributed by atoms with Crippen LogP contribution in [0.25, 0.3) is 0 Å². The number of alkyl halides is 3. The number of hydrogen-bond acceptors (Lipinski definition) is 6. The van der Waals surface area contributed by atoms with Gasteiger partial charge < -0.3 is 16.4 Å². The molecule has 0 fully saturated rings. The highest BCUT2D eigenvalue weighted by molar-refractivity contribution is 7.98. The van der Waals surface area contributed by atoms with E-state index in [1.807, 2.05) is 0 Å². The summed E-state index contributed by atoms with van der Waals surface area (Å²) in [6.45, 7) is 3.07. The van der Waals surface area contributed by atoms with Crippen molar-refractivity contribution in [2.75, 3.05) is 22.6 Å². The summed E-state index contributed by atoms with van der Waals surface area (Å²) in [6, 6.07) is 4.36. The molecule has 0 saturated heterocycles. The standard InChI is InChI=1S/C18H18F3N5OS/c1-5-12-13(24-16(22)25-14(12)28-4)26-17(2,3)15(27)23-11-8-6-7-10(9-11)18(19,20)21/h1,6-9H,2-4H3,(H,23,27)(H3,22,24,25,26). The molecule has 6 nitrogen and oxygen atoms in total. The Labute approximate surface area is 164 Å². The van der Waals surface area contributed by atoms with Crippen LogP contribution in [0.15, 0.2) is 29.3 Å². The van der Waals surface area contributed by atoms with Gasteiger partial charge in [-0.1, -0.05) is 12.0 Å². The number of nitrogens with two attached hydrogens (primary N) is 1. The van der Waals surface area contributed by atoms with E-state index in [2.05, 4.69) is 26.5 Å². The van der Waals surface area contributed by atoms with Crippen LogP contribution >= 0.6 is 11.8 Å². The lowest BCUT2D eigenvalue weighted by atomic mass is 10.0. The lowest BCUT2D eigenvalue weighted by Gasteiger charge is -2.26. The maximum atomic E-state index is 12.8. The number of aromatic nitrogens is 2. The summed E-state index contributed by atoms with van der Waals surface area (Å²) >= 11 is 1.27. The van der Waals surface area contributed by atoms with Gasteiger partial charge in [0.05, 0.1) is 11.1 Å². The summed E-state index contributed by atoms with van der Waals surface area (Å²) in [6.07, 6.45) is 2.77. The molecular weight excluding hydrogens is 391 g/mol. The quantitative estimate of drug-likeness (QED) is 0.397. The van der Waals surface area contributed by atoms with Gasteiger partial charge in [-0.25, -0.2) is 4.98 Å². The van der Waals surface area contributed by atoms with Crippen molar-refractivity contribution in [2.45, 2.75) is 30.6 Å². The topological polar surface area (TPSA) is 92.9 Å². The predicted molar refractivity (Wildman–Crippen MR) is 104 cm³/mol. The Hall–Kier alpha value is -2.93. The van der Waals surface area contributed by atoms with E-state index in [1.165, 1.54) is 37.7 Å². The zero-order chi connectivity index (χ0) is 21.1. The van der Waals surface area contributed by atoms with E-state index in [9.17, 15) is 18.0 Å². The Bertz CT molecular complexity index is 938. The van der Waals surface area contributed by atoms with Crippen molar-refractivity contribution in [1.29, 1.82) is 0 Å². The fourth-order valence-electron chi connectivity index (χ4n) is 2.24. The lowest BCUT2D eigenvalue weighted by Crippen LogP contribution is -2.44. The second-order valence-electron chi connectivity index (χ2n) is 6.24. The Kier molecular flexibility index (Phi) is 6.09. The molecule has 0 aliphatic heterocycles. The molecule has 2 aromatic rings. The molecule has 1 aromatic heterocycles. The smallest absolute Gasteiger partial charge is 0.368 e. The number of anilines is 3. The average Bonchev–Trinajstić information content (AvgIpc) is 2.60. The zero-order valence-corrected chi connectivity index (χ0v) is 16.1. The molecule has 0 atom stereocenters. The maximum Gasteiger partial charge on any atom is 0.416 e. The molecule has 0 radical (unpaired) electrons. The summed E-state index contributed by atoms with van der Waals surface area (Å²) < 4.78 is 38.5. The number of amides is 1. The van der Waals surface area contributed by atoms with Gasteiger partial charge in [0.15, 0.2) is 0 Å². The Morgan fingerprint density at radius 2 is 1.96 bits per heavy atom. The monoisotopic (exact) mass is 409 g/mol. The molecule has 0 aliphatic carbocycles. The summed E-state index contributed by atoms with van der Waals surface area (Å²) in [5, 5.41) is 5.82. The molecule has 10 heteroatoms. The van der Waals surface area contributed by atoms with Crippen molar-refractivity contribution < 1.29 is 18.0 Å². The SMILES string of the molecule is C#Cc1c(NC(C)(C)C(=O)Nc2cccc(C(F)(F)F)c2)nc(N)nc1SC. The molecular formula is C18H18F3N5OS. The van der Waals surface area contributed by atoms with Gasteiger partial charge in [0.1, 0.15) is 16.4 Å². The fourth-order valence-corrected chi connectivity index (χ4v) is 2.78. The van der Waals surface area contributed by atoms with Gasteiger partial charge in [-0.15, -0.1) is 18.2 Å². The van der Waals surface area contributed by atoms with Crippen LogP contribution in [0.1, 0.15) is 25.0 Å².